The molecule has 0 saturated heterocycles. The number of methoxy groups -OCH3 is 2. The van der Waals surface area contributed by atoms with E-state index in [0.29, 0.717) is 28.3 Å². The van der Waals surface area contributed by atoms with Gasteiger partial charge in [0.2, 0.25) is 5.91 Å². The highest BCUT2D eigenvalue weighted by molar-refractivity contribution is 8.00. The molecule has 0 unspecified atom stereocenters. The molecule has 0 aliphatic carbocycles. The van der Waals surface area contributed by atoms with Crippen LogP contribution in [-0.4, -0.2) is 37.7 Å². The topological polar surface area (TPSA) is 120 Å². The quantitative estimate of drug-likeness (QED) is 0.294. The van der Waals surface area contributed by atoms with Crippen molar-refractivity contribution in [3.63, 3.8) is 0 Å². The molecule has 0 spiro atoms. The van der Waals surface area contributed by atoms with Crippen molar-refractivity contribution in [1.82, 2.24) is 5.32 Å². The summed E-state index contributed by atoms with van der Waals surface area (Å²) in [7, 11) is 3.01. The molecule has 0 radical (unpaired) electrons. The molecule has 3 aromatic rings. The fourth-order valence-corrected chi connectivity index (χ4v) is 3.75. The van der Waals surface area contributed by atoms with Gasteiger partial charge in [-0.1, -0.05) is 30.3 Å². The molecule has 180 valence electrons. The monoisotopic (exact) mass is 491 g/mol. The number of nitrogens with one attached hydrogen (secondary N) is 2. The van der Waals surface area contributed by atoms with Crippen LogP contribution in [0.4, 0.5) is 5.69 Å². The second-order valence-electron chi connectivity index (χ2n) is 7.19. The van der Waals surface area contributed by atoms with Gasteiger partial charge in [0.05, 0.1) is 20.0 Å². The molecule has 0 saturated carbocycles. The van der Waals surface area contributed by atoms with E-state index in [1.54, 1.807) is 72.8 Å². The second kappa shape index (κ2) is 12.3. The Morgan fingerprint density at radius 1 is 0.914 bits per heavy atom. The Hall–Kier alpha value is -4.24. The average molecular weight is 492 g/mol. The summed E-state index contributed by atoms with van der Waals surface area (Å²) in [6.45, 7) is 0. The fraction of sp³-hybridized carbons (Fsp3) is 0.115. The number of para-hydroxylation sites is 1. The van der Waals surface area contributed by atoms with Crippen molar-refractivity contribution in [3.05, 3.63) is 89.6 Å². The van der Waals surface area contributed by atoms with Gasteiger partial charge in [-0.05, 0) is 48.5 Å². The summed E-state index contributed by atoms with van der Waals surface area (Å²) in [6.07, 6.45) is 1.52. The number of primary amides is 1. The SMILES string of the molecule is COc1cccc(/C=C(\NC(=O)c2ccccc2)C(=O)Nc2ccc(SCC(N)=O)cc2)c1OC. The third-order valence-corrected chi connectivity index (χ3v) is 5.79. The van der Waals surface area contributed by atoms with Gasteiger partial charge in [-0.25, -0.2) is 0 Å². The van der Waals surface area contributed by atoms with Crippen LogP contribution in [0.25, 0.3) is 6.08 Å². The third-order valence-electron chi connectivity index (χ3n) is 4.76. The minimum atomic E-state index is -0.531. The maximum Gasteiger partial charge on any atom is 0.272 e. The van der Waals surface area contributed by atoms with Crippen LogP contribution in [0.5, 0.6) is 11.5 Å². The number of ether oxygens (including phenoxy) is 2. The van der Waals surface area contributed by atoms with E-state index in [2.05, 4.69) is 10.6 Å². The Bertz CT molecular complexity index is 1230. The Balaban J connectivity index is 1.89. The van der Waals surface area contributed by atoms with Gasteiger partial charge in [-0.15, -0.1) is 11.8 Å². The van der Waals surface area contributed by atoms with Crippen molar-refractivity contribution >= 4 is 41.2 Å². The molecule has 0 fully saturated rings. The van der Waals surface area contributed by atoms with Crippen LogP contribution < -0.4 is 25.8 Å². The number of rotatable bonds is 10. The van der Waals surface area contributed by atoms with Crippen molar-refractivity contribution < 1.29 is 23.9 Å². The first-order valence-corrected chi connectivity index (χ1v) is 11.5. The molecular formula is C26H25N3O5S. The van der Waals surface area contributed by atoms with Gasteiger partial charge in [0.1, 0.15) is 5.70 Å². The minimum Gasteiger partial charge on any atom is -0.493 e. The number of amides is 3. The van der Waals surface area contributed by atoms with Crippen molar-refractivity contribution in [2.45, 2.75) is 4.90 Å². The van der Waals surface area contributed by atoms with Crippen LogP contribution in [0.1, 0.15) is 15.9 Å². The molecule has 0 aliphatic rings. The first-order valence-electron chi connectivity index (χ1n) is 10.5. The van der Waals surface area contributed by atoms with Gasteiger partial charge >= 0.3 is 0 Å². The van der Waals surface area contributed by atoms with Gasteiger partial charge in [0, 0.05) is 21.7 Å². The summed E-state index contributed by atoms with van der Waals surface area (Å²) in [6, 6.07) is 20.7. The number of carbonyl (C=O) groups excluding carboxylic acids is 3. The first kappa shape index (κ1) is 25.4. The van der Waals surface area contributed by atoms with Crippen molar-refractivity contribution in [2.24, 2.45) is 5.73 Å². The lowest BCUT2D eigenvalue weighted by atomic mass is 10.1. The van der Waals surface area contributed by atoms with Crippen LogP contribution in [0.3, 0.4) is 0 Å². The van der Waals surface area contributed by atoms with E-state index in [1.807, 2.05) is 0 Å². The summed E-state index contributed by atoms with van der Waals surface area (Å²) >= 11 is 1.30. The highest BCUT2D eigenvalue weighted by Crippen LogP contribution is 2.32. The lowest BCUT2D eigenvalue weighted by Gasteiger charge is -2.14. The Kier molecular flexibility index (Phi) is 8.91. The molecule has 0 aliphatic heterocycles. The molecule has 0 bridgehead atoms. The van der Waals surface area contributed by atoms with Crippen LogP contribution >= 0.6 is 11.8 Å². The number of carbonyl (C=O) groups is 3. The van der Waals surface area contributed by atoms with Gasteiger partial charge < -0.3 is 25.8 Å². The third kappa shape index (κ3) is 7.12. The molecule has 0 atom stereocenters. The normalized spacial score (nSPS) is 10.9. The predicted molar refractivity (Wildman–Crippen MR) is 136 cm³/mol. The van der Waals surface area contributed by atoms with Crippen LogP contribution in [-0.2, 0) is 9.59 Å². The molecule has 3 aromatic carbocycles. The largest absolute Gasteiger partial charge is 0.493 e. The summed E-state index contributed by atoms with van der Waals surface area (Å²) in [4.78, 5) is 37.8. The lowest BCUT2D eigenvalue weighted by molar-refractivity contribution is -0.115. The number of hydrogen-bond donors (Lipinski definition) is 3. The molecular weight excluding hydrogens is 466 g/mol. The summed E-state index contributed by atoms with van der Waals surface area (Å²) in [5.41, 5.74) is 6.65. The zero-order valence-electron chi connectivity index (χ0n) is 19.2. The van der Waals surface area contributed by atoms with Crippen LogP contribution in [0.15, 0.2) is 83.4 Å². The first-order chi connectivity index (χ1) is 16.9. The van der Waals surface area contributed by atoms with E-state index < -0.39 is 17.7 Å². The molecule has 9 heteroatoms. The smallest absolute Gasteiger partial charge is 0.272 e. The zero-order chi connectivity index (χ0) is 25.2. The van der Waals surface area contributed by atoms with Crippen LogP contribution in [0.2, 0.25) is 0 Å². The molecule has 35 heavy (non-hydrogen) atoms. The van der Waals surface area contributed by atoms with E-state index in [-0.39, 0.29) is 11.4 Å². The summed E-state index contributed by atoms with van der Waals surface area (Å²) < 4.78 is 10.8. The van der Waals surface area contributed by atoms with Crippen molar-refractivity contribution in [2.75, 3.05) is 25.3 Å². The van der Waals surface area contributed by atoms with E-state index in [4.69, 9.17) is 15.2 Å². The predicted octanol–water partition coefficient (Wildman–Crippen LogP) is 3.69. The van der Waals surface area contributed by atoms with Gasteiger partial charge in [-0.2, -0.15) is 0 Å². The van der Waals surface area contributed by atoms with Gasteiger partial charge in [-0.3, -0.25) is 14.4 Å². The highest BCUT2D eigenvalue weighted by Gasteiger charge is 2.17. The van der Waals surface area contributed by atoms with E-state index in [0.717, 1.165) is 4.90 Å². The second-order valence-corrected chi connectivity index (χ2v) is 8.24. The molecule has 0 heterocycles. The van der Waals surface area contributed by atoms with E-state index in [9.17, 15) is 14.4 Å². The Morgan fingerprint density at radius 2 is 1.63 bits per heavy atom. The average Bonchev–Trinajstić information content (AvgIpc) is 2.88. The number of benzene rings is 3. The summed E-state index contributed by atoms with van der Waals surface area (Å²) in [5, 5.41) is 5.48. The Morgan fingerprint density at radius 3 is 2.26 bits per heavy atom. The van der Waals surface area contributed by atoms with E-state index in [1.165, 1.54) is 32.1 Å². The maximum absolute atomic E-state index is 13.2. The number of hydrogen-bond acceptors (Lipinski definition) is 6. The minimum absolute atomic E-state index is 0.0117. The van der Waals surface area contributed by atoms with Gasteiger partial charge in [0.15, 0.2) is 11.5 Å². The van der Waals surface area contributed by atoms with E-state index >= 15 is 0 Å². The van der Waals surface area contributed by atoms with Gasteiger partial charge in [0.25, 0.3) is 11.8 Å². The van der Waals surface area contributed by atoms with Crippen molar-refractivity contribution in [3.8, 4) is 11.5 Å². The standard InChI is InChI=1S/C26H25N3O5S/c1-33-22-10-6-9-18(24(22)34-2)15-21(29-25(31)17-7-4-3-5-8-17)26(32)28-19-11-13-20(14-12-19)35-16-23(27)30/h3-15H,16H2,1-2H3,(H2,27,30)(H,28,32)(H,29,31)/b21-15-. The zero-order valence-corrected chi connectivity index (χ0v) is 20.1. The maximum atomic E-state index is 13.2. The molecule has 3 rings (SSSR count). The Labute approximate surface area is 207 Å². The molecule has 4 N–H and O–H groups in total. The summed E-state index contributed by atoms with van der Waals surface area (Å²) in [5.74, 6) is -0.315. The highest BCUT2D eigenvalue weighted by atomic mass is 32.2. The fourth-order valence-electron chi connectivity index (χ4n) is 3.11. The van der Waals surface area contributed by atoms with Crippen LogP contribution in [0, 0.1) is 0 Å². The number of thioether (sulfide) groups is 1. The lowest BCUT2D eigenvalue weighted by Crippen LogP contribution is -2.30. The number of nitrogens with two attached hydrogens (primary N) is 1. The molecule has 8 nitrogen and oxygen atoms in total. The number of anilines is 1. The molecule has 3 amide bonds. The molecule has 0 aromatic heterocycles. The van der Waals surface area contributed by atoms with Crippen molar-refractivity contribution in [1.29, 1.82) is 0 Å².